The lowest BCUT2D eigenvalue weighted by Crippen LogP contribution is -2.30. The smallest absolute Gasteiger partial charge is 0.254 e. The minimum absolute atomic E-state index is 0.0308. The number of nitrogens with zero attached hydrogens (tertiary/aromatic N) is 4. The van der Waals surface area contributed by atoms with E-state index in [9.17, 15) is 9.59 Å². The normalized spacial score (nSPS) is 10.7. The fourth-order valence-corrected chi connectivity index (χ4v) is 2.66. The highest BCUT2D eigenvalue weighted by atomic mass is 32.2. The van der Waals surface area contributed by atoms with Gasteiger partial charge in [-0.3, -0.25) is 9.59 Å². The lowest BCUT2D eigenvalue weighted by Gasteiger charge is -2.07. The number of thioether (sulfide) groups is 1. The number of carbonyl (C=O) groups is 1. The van der Waals surface area contributed by atoms with Crippen molar-refractivity contribution in [2.24, 2.45) is 7.05 Å². The van der Waals surface area contributed by atoms with Crippen molar-refractivity contribution in [2.75, 3.05) is 12.3 Å². The molecule has 118 valence electrons. The number of hydrogen-bond acceptors (Lipinski definition) is 6. The highest BCUT2D eigenvalue weighted by molar-refractivity contribution is 7.99. The number of hydrogen-bond donors (Lipinski definition) is 2. The van der Waals surface area contributed by atoms with E-state index in [1.54, 1.807) is 20.2 Å². The molecule has 0 aromatic carbocycles. The number of carbonyl (C=O) groups excluding carboxylic acids is 1. The van der Waals surface area contributed by atoms with E-state index < -0.39 is 0 Å². The second-order valence-electron chi connectivity index (χ2n) is 4.81. The minimum atomic E-state index is -0.256. The van der Waals surface area contributed by atoms with Gasteiger partial charge in [-0.15, -0.1) is 10.2 Å². The number of H-pyrrole nitrogens is 1. The standard InChI is InChI=1S/C13H18N6O2S/c1-8-10(12(21)17-9(2)16-8)6-11(20)14-4-5-22-13-18-15-7-19(13)3/h7H,4-6H2,1-3H3,(H,14,20)(H,16,17,21). The molecule has 0 saturated heterocycles. The molecule has 0 unspecified atom stereocenters. The first-order valence-corrected chi connectivity index (χ1v) is 7.76. The maximum Gasteiger partial charge on any atom is 0.254 e. The van der Waals surface area contributed by atoms with Crippen LogP contribution in [-0.2, 0) is 18.3 Å². The van der Waals surface area contributed by atoms with Gasteiger partial charge in [0.1, 0.15) is 12.2 Å². The minimum Gasteiger partial charge on any atom is -0.355 e. The summed E-state index contributed by atoms with van der Waals surface area (Å²) in [5, 5.41) is 11.3. The Morgan fingerprint density at radius 3 is 2.86 bits per heavy atom. The van der Waals surface area contributed by atoms with Gasteiger partial charge in [-0.2, -0.15) is 0 Å². The fourth-order valence-electron chi connectivity index (χ4n) is 1.92. The van der Waals surface area contributed by atoms with Crippen LogP contribution in [0.25, 0.3) is 0 Å². The Kier molecular flexibility index (Phi) is 5.31. The third kappa shape index (κ3) is 4.17. The van der Waals surface area contributed by atoms with Gasteiger partial charge in [0.15, 0.2) is 5.16 Å². The molecular formula is C13H18N6O2S. The molecule has 2 N–H and O–H groups in total. The van der Waals surface area contributed by atoms with Gasteiger partial charge in [-0.25, -0.2) is 4.98 Å². The van der Waals surface area contributed by atoms with Crippen LogP contribution in [0.4, 0.5) is 0 Å². The number of aryl methyl sites for hydroxylation is 3. The first-order chi connectivity index (χ1) is 10.5. The predicted molar refractivity (Wildman–Crippen MR) is 82.8 cm³/mol. The van der Waals surface area contributed by atoms with Gasteiger partial charge in [0, 0.05) is 30.6 Å². The zero-order valence-corrected chi connectivity index (χ0v) is 13.5. The van der Waals surface area contributed by atoms with Crippen LogP contribution in [0.3, 0.4) is 0 Å². The van der Waals surface area contributed by atoms with Crippen LogP contribution in [0.5, 0.6) is 0 Å². The first-order valence-electron chi connectivity index (χ1n) is 6.77. The predicted octanol–water partition coefficient (Wildman–Crippen LogP) is -0.0338. The highest BCUT2D eigenvalue weighted by Crippen LogP contribution is 2.11. The van der Waals surface area contributed by atoms with Gasteiger partial charge in [-0.05, 0) is 13.8 Å². The molecule has 9 heteroatoms. The van der Waals surface area contributed by atoms with Crippen LogP contribution in [0.15, 0.2) is 16.3 Å². The second kappa shape index (κ2) is 7.21. The molecule has 8 nitrogen and oxygen atoms in total. The lowest BCUT2D eigenvalue weighted by molar-refractivity contribution is -0.120. The summed E-state index contributed by atoms with van der Waals surface area (Å²) in [6, 6.07) is 0. The molecule has 0 aliphatic rings. The summed E-state index contributed by atoms with van der Waals surface area (Å²) >= 11 is 1.50. The largest absolute Gasteiger partial charge is 0.355 e. The van der Waals surface area contributed by atoms with Gasteiger partial charge in [0.2, 0.25) is 5.91 Å². The van der Waals surface area contributed by atoms with Crippen molar-refractivity contribution in [1.29, 1.82) is 0 Å². The number of amides is 1. The topological polar surface area (TPSA) is 106 Å². The summed E-state index contributed by atoms with van der Waals surface area (Å²) in [5.41, 5.74) is 0.738. The molecule has 0 aliphatic carbocycles. The van der Waals surface area contributed by atoms with E-state index >= 15 is 0 Å². The summed E-state index contributed by atoms with van der Waals surface area (Å²) in [5.74, 6) is 1.03. The van der Waals surface area contributed by atoms with Crippen LogP contribution >= 0.6 is 11.8 Å². The monoisotopic (exact) mass is 322 g/mol. The molecule has 22 heavy (non-hydrogen) atoms. The fraction of sp³-hybridized carbons (Fsp3) is 0.462. The molecule has 2 aromatic rings. The molecule has 0 atom stereocenters. The highest BCUT2D eigenvalue weighted by Gasteiger charge is 2.11. The Morgan fingerprint density at radius 2 is 2.23 bits per heavy atom. The molecule has 0 bridgehead atoms. The van der Waals surface area contributed by atoms with Gasteiger partial charge in [-0.1, -0.05) is 11.8 Å². The van der Waals surface area contributed by atoms with E-state index in [2.05, 4.69) is 25.5 Å². The molecule has 2 heterocycles. The first kappa shape index (κ1) is 16.2. The summed E-state index contributed by atoms with van der Waals surface area (Å²) in [7, 11) is 1.86. The Bertz CT molecular complexity index is 724. The van der Waals surface area contributed by atoms with Crippen LogP contribution in [0, 0.1) is 13.8 Å². The van der Waals surface area contributed by atoms with Crippen molar-refractivity contribution in [3.05, 3.63) is 33.8 Å². The van der Waals surface area contributed by atoms with E-state index in [0.717, 1.165) is 5.16 Å². The summed E-state index contributed by atoms with van der Waals surface area (Å²) in [6.45, 7) is 3.93. The van der Waals surface area contributed by atoms with Crippen LogP contribution in [0.2, 0.25) is 0 Å². The maximum absolute atomic E-state index is 11.9. The van der Waals surface area contributed by atoms with E-state index in [-0.39, 0.29) is 17.9 Å². The lowest BCUT2D eigenvalue weighted by atomic mass is 10.1. The molecule has 0 spiro atoms. The molecule has 0 fully saturated rings. The summed E-state index contributed by atoms with van der Waals surface area (Å²) in [6.07, 6.45) is 1.66. The molecule has 1 amide bonds. The number of aromatic amines is 1. The van der Waals surface area contributed by atoms with Gasteiger partial charge < -0.3 is 14.9 Å². The van der Waals surface area contributed by atoms with E-state index in [1.807, 2.05) is 11.6 Å². The van der Waals surface area contributed by atoms with E-state index in [0.29, 0.717) is 29.4 Å². The third-order valence-electron chi connectivity index (χ3n) is 3.00. The van der Waals surface area contributed by atoms with Crippen LogP contribution < -0.4 is 10.9 Å². The average molecular weight is 322 g/mol. The van der Waals surface area contributed by atoms with Gasteiger partial charge in [0.25, 0.3) is 5.56 Å². The second-order valence-corrected chi connectivity index (χ2v) is 5.88. The Hall–Kier alpha value is -2.16. The zero-order valence-electron chi connectivity index (χ0n) is 12.7. The van der Waals surface area contributed by atoms with Crippen LogP contribution in [-0.4, -0.2) is 42.9 Å². The van der Waals surface area contributed by atoms with Crippen molar-refractivity contribution in [1.82, 2.24) is 30.0 Å². The summed E-state index contributed by atoms with van der Waals surface area (Å²) in [4.78, 5) is 30.5. The SMILES string of the molecule is Cc1nc(C)c(CC(=O)NCCSc2nncn2C)c(=O)[nH]1. The Morgan fingerprint density at radius 1 is 1.45 bits per heavy atom. The average Bonchev–Trinajstić information content (AvgIpc) is 2.84. The Balaban J connectivity index is 1.81. The molecule has 0 radical (unpaired) electrons. The Labute approximate surface area is 131 Å². The maximum atomic E-state index is 11.9. The van der Waals surface area contributed by atoms with Crippen molar-refractivity contribution >= 4 is 17.7 Å². The quantitative estimate of drug-likeness (QED) is 0.571. The van der Waals surface area contributed by atoms with E-state index in [4.69, 9.17) is 0 Å². The van der Waals surface area contributed by atoms with Gasteiger partial charge >= 0.3 is 0 Å². The molecule has 0 aliphatic heterocycles. The number of aromatic nitrogens is 5. The van der Waals surface area contributed by atoms with Crippen LogP contribution in [0.1, 0.15) is 17.1 Å². The van der Waals surface area contributed by atoms with Crippen molar-refractivity contribution < 1.29 is 4.79 Å². The molecular weight excluding hydrogens is 304 g/mol. The number of rotatable bonds is 6. The zero-order chi connectivity index (χ0) is 16.1. The van der Waals surface area contributed by atoms with E-state index in [1.165, 1.54) is 11.8 Å². The van der Waals surface area contributed by atoms with Crippen molar-refractivity contribution in [2.45, 2.75) is 25.4 Å². The number of nitrogens with one attached hydrogen (secondary N) is 2. The summed E-state index contributed by atoms with van der Waals surface area (Å²) < 4.78 is 1.81. The molecule has 2 aromatic heterocycles. The third-order valence-corrected chi connectivity index (χ3v) is 4.04. The molecule has 2 rings (SSSR count). The molecule has 0 saturated carbocycles. The van der Waals surface area contributed by atoms with Crippen molar-refractivity contribution in [3.63, 3.8) is 0 Å². The van der Waals surface area contributed by atoms with Crippen molar-refractivity contribution in [3.8, 4) is 0 Å². The van der Waals surface area contributed by atoms with Gasteiger partial charge in [0.05, 0.1) is 6.42 Å².